The summed E-state index contributed by atoms with van der Waals surface area (Å²) < 4.78 is 2.23. The molecule has 3 heterocycles. The van der Waals surface area contributed by atoms with E-state index in [0.29, 0.717) is 0 Å². The Morgan fingerprint density at radius 1 is 1.05 bits per heavy atom. The zero-order chi connectivity index (χ0) is 25.9. The Labute approximate surface area is 220 Å². The number of benzene rings is 1. The molecule has 0 unspecified atom stereocenters. The van der Waals surface area contributed by atoms with Crippen molar-refractivity contribution in [3.63, 3.8) is 0 Å². The first-order valence-corrected chi connectivity index (χ1v) is 14.1. The summed E-state index contributed by atoms with van der Waals surface area (Å²) in [6.07, 6.45) is 10.1. The van der Waals surface area contributed by atoms with E-state index in [0.717, 1.165) is 79.3 Å². The molecule has 1 aliphatic heterocycles. The van der Waals surface area contributed by atoms with Crippen LogP contribution in [0.25, 0.3) is 22.2 Å². The van der Waals surface area contributed by atoms with Crippen LogP contribution in [-0.4, -0.2) is 38.9 Å². The van der Waals surface area contributed by atoms with Crippen LogP contribution >= 0.6 is 0 Å². The number of carbonyl (C=O) groups excluding carboxylic acids is 2. The summed E-state index contributed by atoms with van der Waals surface area (Å²) in [5.74, 6) is 0.232. The summed E-state index contributed by atoms with van der Waals surface area (Å²) in [5.41, 5.74) is 4.28. The Hall–Kier alpha value is -3.15. The van der Waals surface area contributed by atoms with Gasteiger partial charge >= 0.3 is 0 Å². The first-order chi connectivity index (χ1) is 18.0. The van der Waals surface area contributed by atoms with Gasteiger partial charge in [-0.15, -0.1) is 0 Å². The van der Waals surface area contributed by atoms with Crippen LogP contribution in [0, 0.1) is 11.8 Å². The highest BCUT2D eigenvalue weighted by atomic mass is 16.2. The molecular formula is C31H40N4O2. The van der Waals surface area contributed by atoms with Gasteiger partial charge in [0.05, 0.1) is 17.3 Å². The predicted molar refractivity (Wildman–Crippen MR) is 148 cm³/mol. The first-order valence-electron chi connectivity index (χ1n) is 14.1. The maximum absolute atomic E-state index is 14.2. The molecule has 2 aliphatic rings. The van der Waals surface area contributed by atoms with Gasteiger partial charge in [-0.3, -0.25) is 14.6 Å². The molecule has 1 saturated heterocycles. The lowest BCUT2D eigenvalue weighted by atomic mass is 9.83. The zero-order valence-corrected chi connectivity index (χ0v) is 22.5. The second kappa shape index (κ2) is 11.1. The molecule has 3 atom stereocenters. The minimum absolute atomic E-state index is 0.000106. The third-order valence-corrected chi connectivity index (χ3v) is 8.65. The van der Waals surface area contributed by atoms with Crippen molar-refractivity contribution in [2.45, 2.75) is 77.3 Å². The van der Waals surface area contributed by atoms with Crippen molar-refractivity contribution in [2.75, 3.05) is 6.54 Å². The van der Waals surface area contributed by atoms with Crippen LogP contribution in [0.4, 0.5) is 0 Å². The topological polar surface area (TPSA) is 67.2 Å². The van der Waals surface area contributed by atoms with Crippen molar-refractivity contribution >= 4 is 22.7 Å². The molecule has 1 saturated carbocycles. The van der Waals surface area contributed by atoms with E-state index in [1.54, 1.807) is 0 Å². The average Bonchev–Trinajstić information content (AvgIpc) is 3.56. The Kier molecular flexibility index (Phi) is 7.63. The molecular weight excluding hydrogens is 460 g/mol. The number of aryl methyl sites for hydroxylation is 1. The van der Waals surface area contributed by atoms with Crippen molar-refractivity contribution in [1.82, 2.24) is 19.8 Å². The van der Waals surface area contributed by atoms with Gasteiger partial charge in [0.1, 0.15) is 6.04 Å². The van der Waals surface area contributed by atoms with Crippen LogP contribution in [0.5, 0.6) is 0 Å². The van der Waals surface area contributed by atoms with E-state index in [-0.39, 0.29) is 29.7 Å². The Bertz CT molecular complexity index is 1240. The molecule has 1 aromatic carbocycles. The highest BCUT2D eigenvalue weighted by Crippen LogP contribution is 2.38. The number of hydrogen-bond donors (Lipinski definition) is 1. The Morgan fingerprint density at radius 2 is 1.81 bits per heavy atom. The molecule has 2 amide bonds. The van der Waals surface area contributed by atoms with Gasteiger partial charge in [-0.05, 0) is 50.2 Å². The minimum atomic E-state index is -0.432. The molecule has 6 nitrogen and oxygen atoms in total. The maximum atomic E-state index is 14.2. The van der Waals surface area contributed by atoms with Gasteiger partial charge < -0.3 is 14.8 Å². The smallest absolute Gasteiger partial charge is 0.246 e. The average molecular weight is 501 g/mol. The van der Waals surface area contributed by atoms with Gasteiger partial charge in [-0.25, -0.2) is 0 Å². The van der Waals surface area contributed by atoms with Crippen molar-refractivity contribution in [3.8, 4) is 11.3 Å². The molecule has 0 spiro atoms. The normalized spacial score (nSPS) is 20.2. The van der Waals surface area contributed by atoms with Crippen molar-refractivity contribution in [2.24, 2.45) is 18.9 Å². The lowest BCUT2D eigenvalue weighted by molar-refractivity contribution is -0.140. The molecule has 5 rings (SSSR count). The van der Waals surface area contributed by atoms with Crippen molar-refractivity contribution < 1.29 is 9.59 Å². The number of amides is 2. The van der Waals surface area contributed by atoms with E-state index in [9.17, 15) is 9.59 Å². The van der Waals surface area contributed by atoms with E-state index in [2.05, 4.69) is 46.1 Å². The van der Waals surface area contributed by atoms with Crippen LogP contribution in [0.15, 0.2) is 48.7 Å². The van der Waals surface area contributed by atoms with Crippen LogP contribution in [0.3, 0.4) is 0 Å². The predicted octanol–water partition coefficient (Wildman–Crippen LogP) is 6.02. The van der Waals surface area contributed by atoms with Crippen LogP contribution in [0.2, 0.25) is 0 Å². The van der Waals surface area contributed by atoms with Gasteiger partial charge in [0.15, 0.2) is 0 Å². The molecule has 1 N–H and O–H groups in total. The number of hydrogen-bond acceptors (Lipinski definition) is 3. The number of aromatic nitrogens is 2. The fourth-order valence-electron chi connectivity index (χ4n) is 6.30. The van der Waals surface area contributed by atoms with Crippen molar-refractivity contribution in [3.05, 3.63) is 54.4 Å². The van der Waals surface area contributed by atoms with Gasteiger partial charge in [0, 0.05) is 42.4 Å². The number of carbonyl (C=O) groups is 2. The van der Waals surface area contributed by atoms with Gasteiger partial charge in [0.25, 0.3) is 0 Å². The second-order valence-corrected chi connectivity index (χ2v) is 11.0. The monoisotopic (exact) mass is 500 g/mol. The molecule has 2 aromatic heterocycles. The molecule has 196 valence electrons. The SMILES string of the molecule is CC[C@@H](C)C(=O)N[C@H](C(=O)N1CCC[C@H]1c1cc2ccnc(-c3ccccc3)c2n1C)C1CCCCC1. The van der Waals surface area contributed by atoms with E-state index in [4.69, 9.17) is 4.98 Å². The third kappa shape index (κ3) is 5.03. The second-order valence-electron chi connectivity index (χ2n) is 11.0. The summed E-state index contributed by atoms with van der Waals surface area (Å²) in [5, 5.41) is 4.35. The number of likely N-dealkylation sites (tertiary alicyclic amines) is 1. The standard InChI is InChI=1S/C31H40N4O2/c1-4-21(2)30(36)33-28(23-14-9-6-10-15-23)31(37)35-19-11-16-25(35)26-20-24-17-18-32-27(29(24)34(26)3)22-12-7-5-8-13-22/h5,7-8,12-13,17-18,20-21,23,25,28H,4,6,9-11,14-16,19H2,1-3H3,(H,33,36)/t21-,25+,28+/m1/s1. The third-order valence-electron chi connectivity index (χ3n) is 8.65. The molecule has 37 heavy (non-hydrogen) atoms. The molecule has 1 aliphatic carbocycles. The van der Waals surface area contributed by atoms with E-state index >= 15 is 0 Å². The fourth-order valence-corrected chi connectivity index (χ4v) is 6.30. The number of pyridine rings is 1. The highest BCUT2D eigenvalue weighted by molar-refractivity contribution is 5.93. The first kappa shape index (κ1) is 25.5. The summed E-state index contributed by atoms with van der Waals surface area (Å²) in [6, 6.07) is 14.1. The van der Waals surface area contributed by atoms with Crippen LogP contribution < -0.4 is 5.32 Å². The Balaban J connectivity index is 1.48. The lowest BCUT2D eigenvalue weighted by Crippen LogP contribution is -2.53. The molecule has 0 radical (unpaired) electrons. The summed E-state index contributed by atoms with van der Waals surface area (Å²) >= 11 is 0. The fraction of sp³-hybridized carbons (Fsp3) is 0.516. The van der Waals surface area contributed by atoms with E-state index in [1.165, 1.54) is 6.42 Å². The molecule has 0 bridgehead atoms. The summed E-state index contributed by atoms with van der Waals surface area (Å²) in [4.78, 5) is 33.9. The number of nitrogens with one attached hydrogen (secondary N) is 1. The maximum Gasteiger partial charge on any atom is 0.246 e. The largest absolute Gasteiger partial charge is 0.344 e. The van der Waals surface area contributed by atoms with Gasteiger partial charge in [0.2, 0.25) is 11.8 Å². The van der Waals surface area contributed by atoms with E-state index in [1.807, 2.05) is 38.2 Å². The lowest BCUT2D eigenvalue weighted by Gasteiger charge is -2.35. The summed E-state index contributed by atoms with van der Waals surface area (Å²) in [6.45, 7) is 4.71. The molecule has 3 aromatic rings. The van der Waals surface area contributed by atoms with Gasteiger partial charge in [-0.2, -0.15) is 0 Å². The summed E-state index contributed by atoms with van der Waals surface area (Å²) in [7, 11) is 2.09. The minimum Gasteiger partial charge on any atom is -0.344 e. The van der Waals surface area contributed by atoms with Crippen LogP contribution in [-0.2, 0) is 16.6 Å². The Morgan fingerprint density at radius 3 is 2.54 bits per heavy atom. The molecule has 2 fully saturated rings. The van der Waals surface area contributed by atoms with E-state index < -0.39 is 6.04 Å². The highest BCUT2D eigenvalue weighted by Gasteiger charge is 2.40. The number of nitrogens with zero attached hydrogens (tertiary/aromatic N) is 3. The van der Waals surface area contributed by atoms with Crippen molar-refractivity contribution in [1.29, 1.82) is 0 Å². The number of rotatable bonds is 7. The quantitative estimate of drug-likeness (QED) is 0.432. The van der Waals surface area contributed by atoms with Crippen LogP contribution in [0.1, 0.15) is 76.9 Å². The van der Waals surface area contributed by atoms with Gasteiger partial charge in [-0.1, -0.05) is 63.4 Å². The molecule has 6 heteroatoms. The number of fused-ring (bicyclic) bond motifs is 1. The zero-order valence-electron chi connectivity index (χ0n) is 22.5.